The van der Waals surface area contributed by atoms with Crippen LogP contribution in [-0.2, 0) is 23.3 Å². The van der Waals surface area contributed by atoms with Crippen molar-refractivity contribution in [1.29, 1.82) is 0 Å². The van der Waals surface area contributed by atoms with Crippen molar-refractivity contribution in [2.45, 2.75) is 13.8 Å². The minimum Gasteiger partial charge on any atom is -1.00 e. The third kappa shape index (κ3) is 9.88. The molecule has 53 valence electrons. The van der Waals surface area contributed by atoms with E-state index in [1.165, 1.54) is 0 Å². The van der Waals surface area contributed by atoms with Gasteiger partial charge in [-0.3, -0.25) is 0 Å². The van der Waals surface area contributed by atoms with Crippen molar-refractivity contribution in [3.05, 3.63) is 0 Å². The summed E-state index contributed by atoms with van der Waals surface area (Å²) in [5.41, 5.74) is 0. The molecule has 0 atom stereocenters. The summed E-state index contributed by atoms with van der Waals surface area (Å²) < 4.78 is 9.70. The van der Waals surface area contributed by atoms with Gasteiger partial charge in [0.25, 0.3) is 0 Å². The fourth-order valence-corrected chi connectivity index (χ4v) is 0.465. The van der Waals surface area contributed by atoms with E-state index >= 15 is 0 Å². The van der Waals surface area contributed by atoms with Gasteiger partial charge >= 0.3 is 50.3 Å². The fraction of sp³-hybridized carbons (Fsp3) is 1.00. The molecule has 0 bridgehead atoms. The molecule has 0 aromatic rings. The van der Waals surface area contributed by atoms with Crippen molar-refractivity contribution >= 4 is 0 Å². The van der Waals surface area contributed by atoms with Gasteiger partial charge in [0.15, 0.2) is 0 Å². The van der Waals surface area contributed by atoms with Crippen LogP contribution in [0.4, 0.5) is 0 Å². The fourth-order valence-electron chi connectivity index (χ4n) is 0.113. The molecular weight excluding hydrogens is 171 g/mol. The van der Waals surface area contributed by atoms with Crippen molar-refractivity contribution in [3.63, 3.8) is 0 Å². The van der Waals surface area contributed by atoms with Crippen LogP contribution < -0.4 is 12.4 Å². The molecule has 0 saturated heterocycles. The number of halogens is 1. The molecule has 0 saturated carbocycles. The standard InChI is InChI=1S/2C2H5O.ClH.Fe/c2*1-2-3;;/h2*2H2,1H3;1H;/q2*-1;;+3/p-1. The Morgan fingerprint density at radius 3 is 1.75 bits per heavy atom. The van der Waals surface area contributed by atoms with Crippen molar-refractivity contribution < 1.29 is 35.7 Å². The molecular formula is C4H10ClFeO2. The van der Waals surface area contributed by atoms with Gasteiger partial charge < -0.3 is 12.4 Å². The molecule has 0 spiro atoms. The van der Waals surface area contributed by atoms with Crippen molar-refractivity contribution in [2.24, 2.45) is 0 Å². The zero-order valence-corrected chi connectivity index (χ0v) is 6.82. The Kier molecular flexibility index (Phi) is 15.4. The minimum absolute atomic E-state index is 0. The molecule has 0 fully saturated rings. The Morgan fingerprint density at radius 2 is 1.50 bits per heavy atom. The van der Waals surface area contributed by atoms with Gasteiger partial charge in [-0.2, -0.15) is 0 Å². The summed E-state index contributed by atoms with van der Waals surface area (Å²) in [6, 6.07) is 0. The minimum atomic E-state index is 0. The number of hydrogen-bond donors (Lipinski definition) is 0. The van der Waals surface area contributed by atoms with Gasteiger partial charge in [-0.15, -0.1) is 0 Å². The van der Waals surface area contributed by atoms with E-state index in [0.29, 0.717) is 15.6 Å². The summed E-state index contributed by atoms with van der Waals surface area (Å²) in [7, 11) is 0. The summed E-state index contributed by atoms with van der Waals surface area (Å²) in [6.07, 6.45) is 0. The monoisotopic (exact) mass is 181 g/mol. The van der Waals surface area contributed by atoms with E-state index < -0.39 is 0 Å². The Morgan fingerprint density at radius 1 is 1.12 bits per heavy atom. The Bertz CT molecular complexity index is 33.2. The molecule has 0 aliphatic carbocycles. The molecule has 0 heterocycles. The van der Waals surface area contributed by atoms with Crippen LogP contribution in [0.3, 0.4) is 0 Å². The normalized spacial score (nSPS) is 8.25. The summed E-state index contributed by atoms with van der Waals surface area (Å²) in [6.45, 7) is 5.36. The van der Waals surface area contributed by atoms with Crippen LogP contribution in [0.25, 0.3) is 0 Å². The Balaban J connectivity index is 0. The van der Waals surface area contributed by atoms with E-state index in [9.17, 15) is 0 Å². The average Bonchev–Trinajstić information content (AvgIpc) is 1.69. The van der Waals surface area contributed by atoms with Crippen LogP contribution in [-0.4, -0.2) is 13.2 Å². The van der Waals surface area contributed by atoms with Gasteiger partial charge in [-0.25, -0.2) is 0 Å². The third-order valence-electron chi connectivity index (χ3n) is 0.287. The second-order valence-electron chi connectivity index (χ2n) is 0.840. The average molecular weight is 181 g/mol. The third-order valence-corrected chi connectivity index (χ3v) is 1.19. The first-order valence-corrected chi connectivity index (χ1v) is 3.18. The molecule has 0 radical (unpaired) electrons. The second-order valence-corrected chi connectivity index (χ2v) is 1.66. The maximum absolute atomic E-state index is 4.85. The van der Waals surface area contributed by atoms with E-state index in [2.05, 4.69) is 0 Å². The first kappa shape index (κ1) is 11.5. The Labute approximate surface area is 63.2 Å². The second kappa shape index (κ2) is 10.7. The van der Waals surface area contributed by atoms with Crippen LogP contribution in [0.5, 0.6) is 0 Å². The van der Waals surface area contributed by atoms with Crippen molar-refractivity contribution in [2.75, 3.05) is 13.2 Å². The molecule has 0 unspecified atom stereocenters. The summed E-state index contributed by atoms with van der Waals surface area (Å²) in [4.78, 5) is 0. The SMILES string of the molecule is CC[O][Fe+][O]CC.[Cl-]. The predicted octanol–water partition coefficient (Wildman–Crippen LogP) is -2.02. The quantitative estimate of drug-likeness (QED) is 0.368. The smallest absolute Gasteiger partial charge is 1.00 e. The predicted molar refractivity (Wildman–Crippen MR) is 23.3 cm³/mol. The topological polar surface area (TPSA) is 18.5 Å². The maximum atomic E-state index is 4.85. The number of rotatable bonds is 4. The van der Waals surface area contributed by atoms with E-state index in [0.717, 1.165) is 13.2 Å². The van der Waals surface area contributed by atoms with Gasteiger partial charge in [-0.05, 0) is 0 Å². The Hall–Kier alpha value is 0.729. The van der Waals surface area contributed by atoms with Crippen LogP contribution in [0.2, 0.25) is 0 Å². The van der Waals surface area contributed by atoms with Crippen LogP contribution in [0.15, 0.2) is 0 Å². The molecule has 0 rings (SSSR count). The molecule has 8 heavy (non-hydrogen) atoms. The zero-order chi connectivity index (χ0) is 5.54. The molecule has 0 amide bonds. The summed E-state index contributed by atoms with van der Waals surface area (Å²) >= 11 is 0.438. The van der Waals surface area contributed by atoms with E-state index in [4.69, 9.17) is 7.64 Å². The molecule has 4 heteroatoms. The first-order valence-electron chi connectivity index (χ1n) is 2.28. The van der Waals surface area contributed by atoms with Crippen molar-refractivity contribution in [1.82, 2.24) is 0 Å². The summed E-state index contributed by atoms with van der Waals surface area (Å²) in [5, 5.41) is 0. The molecule has 0 aliphatic heterocycles. The molecule has 0 aromatic carbocycles. The molecule has 2 nitrogen and oxygen atoms in total. The van der Waals surface area contributed by atoms with Crippen LogP contribution in [0, 0.1) is 0 Å². The van der Waals surface area contributed by atoms with Gasteiger partial charge in [0.2, 0.25) is 0 Å². The van der Waals surface area contributed by atoms with Gasteiger partial charge in [0.05, 0.1) is 0 Å². The number of hydrogen-bond acceptors (Lipinski definition) is 2. The molecule has 0 aromatic heterocycles. The van der Waals surface area contributed by atoms with Gasteiger partial charge in [0.1, 0.15) is 0 Å². The van der Waals surface area contributed by atoms with Gasteiger partial charge in [-0.1, -0.05) is 0 Å². The maximum Gasteiger partial charge on any atom is -1.00 e. The van der Waals surface area contributed by atoms with E-state index in [1.807, 2.05) is 13.8 Å². The summed E-state index contributed by atoms with van der Waals surface area (Å²) in [5.74, 6) is 0. The molecule has 0 N–H and O–H groups in total. The van der Waals surface area contributed by atoms with E-state index in [-0.39, 0.29) is 12.4 Å². The largest absolute Gasteiger partial charge is 1.00 e. The van der Waals surface area contributed by atoms with Gasteiger partial charge in [0, 0.05) is 0 Å². The first-order chi connectivity index (χ1) is 3.41. The molecule has 0 aliphatic rings. The van der Waals surface area contributed by atoms with Crippen LogP contribution in [0.1, 0.15) is 13.8 Å². The van der Waals surface area contributed by atoms with Crippen molar-refractivity contribution in [3.8, 4) is 0 Å². The van der Waals surface area contributed by atoms with Crippen LogP contribution >= 0.6 is 0 Å². The van der Waals surface area contributed by atoms with E-state index in [1.54, 1.807) is 0 Å². The zero-order valence-electron chi connectivity index (χ0n) is 4.96.